The number of hydrogen-bond donors (Lipinski definition) is 2. The molecule has 0 radical (unpaired) electrons. The minimum absolute atomic E-state index is 0.117. The van der Waals surface area contributed by atoms with Crippen LogP contribution < -0.4 is 5.32 Å². The lowest BCUT2D eigenvalue weighted by Crippen LogP contribution is -2.43. The molecule has 3 aromatic rings. The van der Waals surface area contributed by atoms with Gasteiger partial charge in [-0.05, 0) is 48.7 Å². The minimum Gasteiger partial charge on any atom is -0.348 e. The van der Waals surface area contributed by atoms with Crippen LogP contribution in [0, 0.1) is 13.8 Å². The summed E-state index contributed by atoms with van der Waals surface area (Å²) in [6.07, 6.45) is 5.95. The molecule has 0 saturated carbocycles. The monoisotopic (exact) mass is 347 g/mol. The van der Waals surface area contributed by atoms with Gasteiger partial charge in [0.25, 0.3) is 0 Å². The van der Waals surface area contributed by atoms with Crippen molar-refractivity contribution in [1.82, 2.24) is 19.9 Å². The van der Waals surface area contributed by atoms with Crippen LogP contribution in [0.25, 0.3) is 0 Å². The molecule has 1 aliphatic rings. The van der Waals surface area contributed by atoms with Crippen LogP contribution in [-0.2, 0) is 6.42 Å². The highest BCUT2D eigenvalue weighted by molar-refractivity contribution is 5.91. The molecular weight excluding hydrogens is 326 g/mol. The summed E-state index contributed by atoms with van der Waals surface area (Å²) in [6.45, 7) is 4.69. The third-order valence-corrected chi connectivity index (χ3v) is 5.05. The molecule has 0 bridgehead atoms. The van der Waals surface area contributed by atoms with Gasteiger partial charge < -0.3 is 15.2 Å². The van der Waals surface area contributed by atoms with Crippen LogP contribution in [-0.4, -0.2) is 32.4 Å². The topological polar surface area (TPSA) is 73.9 Å². The van der Waals surface area contributed by atoms with E-state index in [4.69, 9.17) is 0 Å². The Kier molecular flexibility index (Phi) is 4.16. The number of aromatic amines is 1. The second kappa shape index (κ2) is 6.63. The van der Waals surface area contributed by atoms with E-state index < -0.39 is 0 Å². The summed E-state index contributed by atoms with van der Waals surface area (Å²) in [5, 5.41) is 3.08. The number of amides is 2. The molecule has 26 heavy (non-hydrogen) atoms. The fourth-order valence-corrected chi connectivity index (χ4v) is 3.45. The van der Waals surface area contributed by atoms with Crippen LogP contribution in [0.3, 0.4) is 0 Å². The van der Waals surface area contributed by atoms with Crippen LogP contribution in [0.2, 0.25) is 0 Å². The number of nitrogens with zero attached hydrogens (tertiary/aromatic N) is 3. The van der Waals surface area contributed by atoms with Crippen molar-refractivity contribution in [1.29, 1.82) is 0 Å². The number of H-pyrrole nitrogens is 1. The number of benzene rings is 1. The maximum Gasteiger partial charge on any atom is 0.322 e. The Morgan fingerprint density at radius 2 is 2.04 bits per heavy atom. The Labute approximate surface area is 152 Å². The van der Waals surface area contributed by atoms with E-state index in [1.54, 1.807) is 18.7 Å². The lowest BCUT2D eigenvalue weighted by atomic mass is 9.97. The summed E-state index contributed by atoms with van der Waals surface area (Å²) in [4.78, 5) is 26.7. The standard InChI is InChI=1S/C20H21N5O/c1-13-4-3-5-16(14(13)2)24-20(26)25-11-8-17-18(23-12-22-17)19(25)15-6-9-21-10-7-15/h3-7,9-10,12,19H,8,11H2,1-2H3,(H,22,23)(H,24,26). The Hall–Kier alpha value is -3.15. The first-order valence-electron chi connectivity index (χ1n) is 8.71. The summed E-state index contributed by atoms with van der Waals surface area (Å²) in [5.41, 5.74) is 6.07. The molecule has 1 aliphatic heterocycles. The number of anilines is 1. The van der Waals surface area contributed by atoms with E-state index >= 15 is 0 Å². The maximum atomic E-state index is 13.1. The van der Waals surface area contributed by atoms with Crippen molar-refractivity contribution in [2.45, 2.75) is 26.3 Å². The van der Waals surface area contributed by atoms with E-state index in [0.717, 1.165) is 40.2 Å². The third-order valence-electron chi connectivity index (χ3n) is 5.05. The highest BCUT2D eigenvalue weighted by Crippen LogP contribution is 2.33. The van der Waals surface area contributed by atoms with Gasteiger partial charge in [-0.2, -0.15) is 0 Å². The minimum atomic E-state index is -0.224. The third kappa shape index (κ3) is 2.83. The van der Waals surface area contributed by atoms with Gasteiger partial charge in [-0.1, -0.05) is 12.1 Å². The average molecular weight is 347 g/mol. The molecule has 0 aliphatic carbocycles. The van der Waals surface area contributed by atoms with Crippen LogP contribution in [0.15, 0.2) is 49.1 Å². The van der Waals surface area contributed by atoms with Gasteiger partial charge in [-0.15, -0.1) is 0 Å². The van der Waals surface area contributed by atoms with Gasteiger partial charge >= 0.3 is 6.03 Å². The second-order valence-electron chi connectivity index (χ2n) is 6.57. The first-order chi connectivity index (χ1) is 12.6. The van der Waals surface area contributed by atoms with Crippen molar-refractivity contribution in [2.75, 3.05) is 11.9 Å². The number of pyridine rings is 1. The summed E-state index contributed by atoms with van der Waals surface area (Å²) < 4.78 is 0. The normalized spacial score (nSPS) is 16.2. The molecule has 1 atom stereocenters. The second-order valence-corrected chi connectivity index (χ2v) is 6.57. The summed E-state index contributed by atoms with van der Waals surface area (Å²) in [6, 6.07) is 9.47. The number of carbonyl (C=O) groups is 1. The van der Waals surface area contributed by atoms with E-state index in [9.17, 15) is 4.79 Å². The molecule has 2 N–H and O–H groups in total. The molecule has 0 fully saturated rings. The number of aromatic nitrogens is 3. The number of nitrogens with one attached hydrogen (secondary N) is 2. The molecule has 0 saturated heterocycles. The van der Waals surface area contributed by atoms with Gasteiger partial charge in [-0.3, -0.25) is 4.98 Å². The van der Waals surface area contributed by atoms with Gasteiger partial charge in [0.15, 0.2) is 0 Å². The zero-order valence-electron chi connectivity index (χ0n) is 14.9. The zero-order valence-corrected chi connectivity index (χ0v) is 14.9. The van der Waals surface area contributed by atoms with Gasteiger partial charge in [-0.25, -0.2) is 9.78 Å². The number of fused-ring (bicyclic) bond motifs is 1. The van der Waals surface area contributed by atoms with E-state index in [1.807, 2.05) is 49.1 Å². The Morgan fingerprint density at radius 3 is 2.85 bits per heavy atom. The Morgan fingerprint density at radius 1 is 1.23 bits per heavy atom. The number of hydrogen-bond acceptors (Lipinski definition) is 3. The van der Waals surface area contributed by atoms with Crippen LogP contribution in [0.1, 0.15) is 34.1 Å². The van der Waals surface area contributed by atoms with Crippen LogP contribution >= 0.6 is 0 Å². The van der Waals surface area contributed by atoms with Crippen molar-refractivity contribution in [2.24, 2.45) is 0 Å². The van der Waals surface area contributed by atoms with Crippen LogP contribution in [0.5, 0.6) is 0 Å². The van der Waals surface area contributed by atoms with E-state index in [0.29, 0.717) is 6.54 Å². The fraction of sp³-hybridized carbons (Fsp3) is 0.250. The molecule has 4 rings (SSSR count). The largest absolute Gasteiger partial charge is 0.348 e. The average Bonchev–Trinajstić information content (AvgIpc) is 3.14. The van der Waals surface area contributed by atoms with E-state index in [2.05, 4.69) is 20.3 Å². The van der Waals surface area contributed by atoms with E-state index in [1.165, 1.54) is 0 Å². The van der Waals surface area contributed by atoms with Gasteiger partial charge in [0.2, 0.25) is 0 Å². The smallest absolute Gasteiger partial charge is 0.322 e. The highest BCUT2D eigenvalue weighted by atomic mass is 16.2. The molecule has 6 nitrogen and oxygen atoms in total. The summed E-state index contributed by atoms with van der Waals surface area (Å²) >= 11 is 0. The number of imidazole rings is 1. The summed E-state index contributed by atoms with van der Waals surface area (Å²) in [5.74, 6) is 0. The Balaban J connectivity index is 1.68. The summed E-state index contributed by atoms with van der Waals surface area (Å²) in [7, 11) is 0. The predicted molar refractivity (Wildman–Crippen MR) is 100 cm³/mol. The predicted octanol–water partition coefficient (Wildman–Crippen LogP) is 3.60. The SMILES string of the molecule is Cc1cccc(NC(=O)N2CCc3[nH]cnc3C2c2ccncc2)c1C. The highest BCUT2D eigenvalue weighted by Gasteiger charge is 2.34. The van der Waals surface area contributed by atoms with E-state index in [-0.39, 0.29) is 12.1 Å². The lowest BCUT2D eigenvalue weighted by Gasteiger charge is -2.35. The maximum absolute atomic E-state index is 13.1. The molecule has 1 unspecified atom stereocenters. The van der Waals surface area contributed by atoms with Gasteiger partial charge in [0.1, 0.15) is 6.04 Å². The first-order valence-corrected chi connectivity index (χ1v) is 8.71. The Bertz CT molecular complexity index is 934. The molecule has 132 valence electrons. The molecule has 6 heteroatoms. The number of aryl methyl sites for hydroxylation is 1. The van der Waals surface area contributed by atoms with Crippen molar-refractivity contribution in [3.63, 3.8) is 0 Å². The van der Waals surface area contributed by atoms with Crippen molar-refractivity contribution in [3.05, 3.63) is 77.1 Å². The first kappa shape index (κ1) is 16.3. The number of urea groups is 1. The van der Waals surface area contributed by atoms with Crippen molar-refractivity contribution >= 4 is 11.7 Å². The number of carbonyl (C=O) groups excluding carboxylic acids is 1. The molecular formula is C20H21N5O. The van der Waals surface area contributed by atoms with Gasteiger partial charge in [0.05, 0.1) is 12.0 Å². The number of rotatable bonds is 2. The van der Waals surface area contributed by atoms with Crippen LogP contribution in [0.4, 0.5) is 10.5 Å². The van der Waals surface area contributed by atoms with Crippen molar-refractivity contribution < 1.29 is 4.79 Å². The fourth-order valence-electron chi connectivity index (χ4n) is 3.45. The molecule has 3 heterocycles. The quantitative estimate of drug-likeness (QED) is 0.744. The molecule has 1 aromatic carbocycles. The zero-order chi connectivity index (χ0) is 18.1. The molecule has 0 spiro atoms. The molecule has 2 amide bonds. The van der Waals surface area contributed by atoms with Gasteiger partial charge in [0, 0.05) is 36.7 Å². The van der Waals surface area contributed by atoms with Crippen molar-refractivity contribution in [3.8, 4) is 0 Å². The lowest BCUT2D eigenvalue weighted by molar-refractivity contribution is 0.192. The molecule has 2 aromatic heterocycles.